The molecule has 0 atom stereocenters. The number of nitrogens with zero attached hydrogens (tertiary/aromatic N) is 2. The number of phenols is 1. The first kappa shape index (κ1) is 22.0. The molecule has 8 nitrogen and oxygen atoms in total. The van der Waals surface area contributed by atoms with Crippen molar-refractivity contribution in [2.45, 2.75) is 26.7 Å². The molecule has 2 heterocycles. The predicted molar refractivity (Wildman–Crippen MR) is 116 cm³/mol. The van der Waals surface area contributed by atoms with Gasteiger partial charge in [-0.3, -0.25) is 9.59 Å². The van der Waals surface area contributed by atoms with Crippen molar-refractivity contribution in [3.8, 4) is 23.0 Å². The Hall–Kier alpha value is -3.68. The van der Waals surface area contributed by atoms with Crippen molar-refractivity contribution in [2.24, 2.45) is 14.1 Å². The van der Waals surface area contributed by atoms with Crippen molar-refractivity contribution in [1.29, 1.82) is 0 Å². The summed E-state index contributed by atoms with van der Waals surface area (Å²) in [6, 6.07) is 7.28. The van der Waals surface area contributed by atoms with E-state index < -0.39 is 17.0 Å². The van der Waals surface area contributed by atoms with Crippen LogP contribution in [0.25, 0.3) is 0 Å². The molecule has 0 aliphatic heterocycles. The molecule has 3 rings (SSSR count). The lowest BCUT2D eigenvalue weighted by Gasteiger charge is -2.22. The van der Waals surface area contributed by atoms with Gasteiger partial charge in [-0.15, -0.1) is 0 Å². The van der Waals surface area contributed by atoms with Gasteiger partial charge in [-0.25, -0.2) is 0 Å². The highest BCUT2D eigenvalue weighted by atomic mass is 16.5. The molecular formula is C23H26N2O6. The van der Waals surface area contributed by atoms with Crippen LogP contribution < -0.4 is 15.9 Å². The Morgan fingerprint density at radius 3 is 1.77 bits per heavy atom. The molecular weight excluding hydrogens is 400 g/mol. The molecule has 0 radical (unpaired) electrons. The molecule has 31 heavy (non-hydrogen) atoms. The number of aromatic nitrogens is 2. The van der Waals surface area contributed by atoms with Crippen LogP contribution in [0.4, 0.5) is 0 Å². The maximum atomic E-state index is 13.2. The second-order valence-corrected chi connectivity index (χ2v) is 7.49. The summed E-state index contributed by atoms with van der Waals surface area (Å²) in [7, 11) is 3.13. The summed E-state index contributed by atoms with van der Waals surface area (Å²) in [5.74, 6) is -1.63. The maximum absolute atomic E-state index is 13.2. The maximum Gasteiger partial charge on any atom is 0.258 e. The van der Waals surface area contributed by atoms with Crippen LogP contribution >= 0.6 is 0 Å². The minimum absolute atomic E-state index is 0.0579. The summed E-state index contributed by atoms with van der Waals surface area (Å²) in [5, 5.41) is 31.6. The van der Waals surface area contributed by atoms with Crippen LogP contribution in [0.3, 0.4) is 0 Å². The van der Waals surface area contributed by atoms with E-state index in [0.29, 0.717) is 17.0 Å². The molecule has 0 spiro atoms. The van der Waals surface area contributed by atoms with Crippen molar-refractivity contribution in [3.05, 3.63) is 79.1 Å². The summed E-state index contributed by atoms with van der Waals surface area (Å²) in [4.78, 5) is 26.4. The fourth-order valence-corrected chi connectivity index (χ4v) is 3.65. The molecule has 3 N–H and O–H groups in total. The van der Waals surface area contributed by atoms with Gasteiger partial charge < -0.3 is 29.2 Å². The third-order valence-corrected chi connectivity index (χ3v) is 5.57. The molecule has 0 aliphatic carbocycles. The third kappa shape index (κ3) is 3.76. The van der Waals surface area contributed by atoms with Gasteiger partial charge in [0.1, 0.15) is 11.5 Å². The molecule has 0 unspecified atom stereocenters. The van der Waals surface area contributed by atoms with Gasteiger partial charge in [0.2, 0.25) is 0 Å². The zero-order valence-corrected chi connectivity index (χ0v) is 18.1. The van der Waals surface area contributed by atoms with E-state index in [1.54, 1.807) is 34.9 Å². The number of pyridine rings is 2. The third-order valence-electron chi connectivity index (χ3n) is 5.57. The second kappa shape index (κ2) is 8.22. The predicted octanol–water partition coefficient (Wildman–Crippen LogP) is 2.40. The normalized spacial score (nSPS) is 11.2. The molecule has 0 amide bonds. The van der Waals surface area contributed by atoms with E-state index in [-0.39, 0.29) is 40.7 Å². The number of rotatable bonds is 5. The van der Waals surface area contributed by atoms with E-state index in [2.05, 4.69) is 0 Å². The molecule has 8 heteroatoms. The van der Waals surface area contributed by atoms with Crippen LogP contribution in [0.2, 0.25) is 0 Å². The van der Waals surface area contributed by atoms with Crippen molar-refractivity contribution >= 4 is 0 Å². The lowest BCUT2D eigenvalue weighted by Crippen LogP contribution is -2.30. The Morgan fingerprint density at radius 2 is 1.32 bits per heavy atom. The van der Waals surface area contributed by atoms with Gasteiger partial charge in [0.25, 0.3) is 11.1 Å². The summed E-state index contributed by atoms with van der Waals surface area (Å²) >= 11 is 0. The summed E-state index contributed by atoms with van der Waals surface area (Å²) < 4.78 is 8.19. The average molecular weight is 426 g/mol. The summed E-state index contributed by atoms with van der Waals surface area (Å²) in [6.45, 7) is 5.40. The lowest BCUT2D eigenvalue weighted by atomic mass is 9.84. The van der Waals surface area contributed by atoms with Crippen LogP contribution in [0.1, 0.15) is 40.9 Å². The highest BCUT2D eigenvalue weighted by Gasteiger charge is 2.31. The van der Waals surface area contributed by atoms with Gasteiger partial charge in [-0.05, 0) is 50.6 Å². The fraction of sp³-hybridized carbons (Fsp3) is 0.304. The van der Waals surface area contributed by atoms with Gasteiger partial charge in [-0.2, -0.15) is 0 Å². The van der Waals surface area contributed by atoms with Crippen molar-refractivity contribution in [3.63, 3.8) is 0 Å². The smallest absolute Gasteiger partial charge is 0.258 e. The minimum Gasteiger partial charge on any atom is -0.507 e. The molecule has 0 fully saturated rings. The highest BCUT2D eigenvalue weighted by Crippen LogP contribution is 2.40. The van der Waals surface area contributed by atoms with Crippen LogP contribution in [0, 0.1) is 13.8 Å². The first-order valence-corrected chi connectivity index (χ1v) is 9.83. The molecule has 0 saturated carbocycles. The first-order chi connectivity index (χ1) is 14.6. The standard InChI is InChI=1S/C23H26N2O6/c1-6-31-18-11-14(7-8-15(18)26)19(20-16(27)9-12(2)24(4)22(20)29)21-17(28)10-13(3)25(5)23(21)30/h7-11,19,26-28H,6H2,1-5H3. The number of aryl methyl sites for hydroxylation is 2. The van der Waals surface area contributed by atoms with Gasteiger partial charge in [0.05, 0.1) is 23.7 Å². The monoisotopic (exact) mass is 426 g/mol. The second-order valence-electron chi connectivity index (χ2n) is 7.49. The number of hydrogen-bond donors (Lipinski definition) is 3. The van der Waals surface area contributed by atoms with Crippen LogP contribution in [0.15, 0.2) is 39.9 Å². The molecule has 0 saturated heterocycles. The molecule has 1 aromatic carbocycles. The van der Waals surface area contributed by atoms with Gasteiger partial charge in [0.15, 0.2) is 11.5 Å². The zero-order chi connectivity index (χ0) is 23.0. The van der Waals surface area contributed by atoms with E-state index >= 15 is 0 Å². The summed E-state index contributed by atoms with van der Waals surface area (Å²) in [5.41, 5.74) is 0.341. The van der Waals surface area contributed by atoms with E-state index in [0.717, 1.165) is 0 Å². The van der Waals surface area contributed by atoms with Crippen LogP contribution in [-0.4, -0.2) is 31.1 Å². The molecule has 2 aromatic heterocycles. The zero-order valence-electron chi connectivity index (χ0n) is 18.1. The van der Waals surface area contributed by atoms with E-state index in [9.17, 15) is 24.9 Å². The van der Waals surface area contributed by atoms with E-state index in [1.807, 2.05) is 0 Å². The Labute approximate surface area is 179 Å². The largest absolute Gasteiger partial charge is 0.507 e. The van der Waals surface area contributed by atoms with Crippen LogP contribution in [-0.2, 0) is 14.1 Å². The minimum atomic E-state index is -1.10. The van der Waals surface area contributed by atoms with Gasteiger partial charge in [0, 0.05) is 25.5 Å². The lowest BCUT2D eigenvalue weighted by molar-refractivity contribution is 0.317. The Kier molecular flexibility index (Phi) is 5.83. The van der Waals surface area contributed by atoms with E-state index in [4.69, 9.17) is 4.74 Å². The number of aromatic hydroxyl groups is 3. The number of ether oxygens (including phenoxy) is 1. The molecule has 3 aromatic rings. The number of hydrogen-bond acceptors (Lipinski definition) is 6. The Balaban J connectivity index is 2.46. The van der Waals surface area contributed by atoms with Crippen LogP contribution in [0.5, 0.6) is 23.0 Å². The Bertz CT molecular complexity index is 1200. The molecule has 0 bridgehead atoms. The fourth-order valence-electron chi connectivity index (χ4n) is 3.65. The molecule has 164 valence electrons. The van der Waals surface area contributed by atoms with E-state index in [1.165, 1.54) is 39.5 Å². The first-order valence-electron chi connectivity index (χ1n) is 9.83. The average Bonchev–Trinajstić information content (AvgIpc) is 2.71. The quantitative estimate of drug-likeness (QED) is 0.577. The van der Waals surface area contributed by atoms with Crippen molar-refractivity contribution < 1.29 is 20.1 Å². The number of benzene rings is 1. The van der Waals surface area contributed by atoms with Crippen molar-refractivity contribution in [1.82, 2.24) is 9.13 Å². The summed E-state index contributed by atoms with van der Waals surface area (Å²) in [6.07, 6.45) is 0. The van der Waals surface area contributed by atoms with Gasteiger partial charge in [-0.1, -0.05) is 6.07 Å². The number of phenolic OH excluding ortho intramolecular Hbond substituents is 1. The van der Waals surface area contributed by atoms with Gasteiger partial charge >= 0.3 is 0 Å². The topological polar surface area (TPSA) is 114 Å². The Morgan fingerprint density at radius 1 is 0.839 bits per heavy atom. The molecule has 0 aliphatic rings. The van der Waals surface area contributed by atoms with Crippen molar-refractivity contribution in [2.75, 3.05) is 6.61 Å². The SMILES string of the molecule is CCOc1cc(C(c2c(O)cc(C)n(C)c2=O)c2c(O)cc(C)n(C)c2=O)ccc1O. The highest BCUT2D eigenvalue weighted by molar-refractivity contribution is 5.55.